The molecule has 0 aliphatic heterocycles. The molecule has 1 saturated carbocycles. The van der Waals surface area contributed by atoms with Crippen LogP contribution in [0.2, 0.25) is 0 Å². The summed E-state index contributed by atoms with van der Waals surface area (Å²) in [6.07, 6.45) is 11.7. The lowest BCUT2D eigenvalue weighted by molar-refractivity contribution is -0.140. The highest BCUT2D eigenvalue weighted by atomic mass is 16.5. The van der Waals surface area contributed by atoms with Crippen LogP contribution in [0.15, 0.2) is 66.7 Å². The lowest BCUT2D eigenvalue weighted by atomic mass is 9.76. The maximum atomic E-state index is 12.4. The van der Waals surface area contributed by atoms with E-state index in [9.17, 15) is 4.79 Å². The summed E-state index contributed by atoms with van der Waals surface area (Å²) in [5, 5.41) is 9.09. The molecular weight excluding hydrogens is 532 g/mol. The Bertz CT molecular complexity index is 1360. The standard InChI is InChI=1S/C39H50O4/c1-6-8-9-10-29-11-13-31(14-12-29)33-17-20-36(28(5)23-33)38-25-34(26-43-39(41)27(3)4)37(24-30(38)7-2)32-15-18-35(19-16-32)42-22-21-40/h15-20,23-25,29,31,40H,3,6-14,21-22,26H2,1-2,4-5H3. The van der Waals surface area contributed by atoms with Crippen LogP contribution in [0.5, 0.6) is 5.75 Å². The van der Waals surface area contributed by atoms with Gasteiger partial charge in [0.25, 0.3) is 0 Å². The Kier molecular flexibility index (Phi) is 12.0. The number of esters is 1. The van der Waals surface area contributed by atoms with Crippen molar-refractivity contribution in [1.82, 2.24) is 0 Å². The molecule has 4 rings (SSSR count). The minimum Gasteiger partial charge on any atom is -0.491 e. The number of rotatable bonds is 14. The van der Waals surface area contributed by atoms with Crippen molar-refractivity contribution in [3.05, 3.63) is 89.0 Å². The molecule has 0 spiro atoms. The molecule has 1 fully saturated rings. The summed E-state index contributed by atoms with van der Waals surface area (Å²) in [5.41, 5.74) is 9.86. The number of aryl methyl sites for hydroxylation is 2. The van der Waals surface area contributed by atoms with E-state index in [1.165, 1.54) is 79.2 Å². The molecule has 0 unspecified atom stereocenters. The molecule has 3 aromatic carbocycles. The smallest absolute Gasteiger partial charge is 0.333 e. The summed E-state index contributed by atoms with van der Waals surface area (Å²) in [4.78, 5) is 12.4. The van der Waals surface area contributed by atoms with Gasteiger partial charge in [0.15, 0.2) is 0 Å². The highest BCUT2D eigenvalue weighted by Gasteiger charge is 2.23. The number of hydrogen-bond acceptors (Lipinski definition) is 4. The number of carbonyl (C=O) groups is 1. The SMILES string of the molecule is C=C(C)C(=O)OCc1cc(-c2ccc(C3CCC(CCCCC)CC3)cc2C)c(CC)cc1-c1ccc(OCCO)cc1. The van der Waals surface area contributed by atoms with Gasteiger partial charge in [0.1, 0.15) is 19.0 Å². The van der Waals surface area contributed by atoms with Gasteiger partial charge in [0.2, 0.25) is 0 Å². The first-order chi connectivity index (χ1) is 20.8. The summed E-state index contributed by atoms with van der Waals surface area (Å²) in [6, 6.07) is 19.4. The Hall–Kier alpha value is -3.37. The maximum Gasteiger partial charge on any atom is 0.333 e. The van der Waals surface area contributed by atoms with Crippen molar-refractivity contribution in [2.45, 2.75) is 98.0 Å². The van der Waals surface area contributed by atoms with Crippen molar-refractivity contribution in [2.24, 2.45) is 5.92 Å². The Morgan fingerprint density at radius 3 is 2.26 bits per heavy atom. The fourth-order valence-corrected chi connectivity index (χ4v) is 6.49. The third-order valence-electron chi connectivity index (χ3n) is 9.02. The highest BCUT2D eigenvalue weighted by molar-refractivity contribution is 5.87. The van der Waals surface area contributed by atoms with E-state index in [4.69, 9.17) is 14.6 Å². The molecule has 1 aliphatic carbocycles. The van der Waals surface area contributed by atoms with Crippen LogP contribution in [0.4, 0.5) is 0 Å². The molecule has 1 aliphatic rings. The third kappa shape index (κ3) is 8.60. The minimum atomic E-state index is -0.388. The van der Waals surface area contributed by atoms with Crippen molar-refractivity contribution in [3.63, 3.8) is 0 Å². The van der Waals surface area contributed by atoms with Gasteiger partial charge in [-0.2, -0.15) is 0 Å². The summed E-state index contributed by atoms with van der Waals surface area (Å²) in [7, 11) is 0. The van der Waals surface area contributed by atoms with Crippen LogP contribution in [0, 0.1) is 12.8 Å². The fraction of sp³-hybridized carbons (Fsp3) is 0.462. The van der Waals surface area contributed by atoms with E-state index in [1.807, 2.05) is 24.3 Å². The minimum absolute atomic E-state index is 0.0258. The summed E-state index contributed by atoms with van der Waals surface area (Å²) >= 11 is 0. The van der Waals surface area contributed by atoms with E-state index >= 15 is 0 Å². The second kappa shape index (κ2) is 15.9. The number of hydrogen-bond donors (Lipinski definition) is 1. The Labute approximate surface area is 259 Å². The summed E-state index contributed by atoms with van der Waals surface area (Å²) in [5.74, 6) is 1.89. The first-order valence-electron chi connectivity index (χ1n) is 16.3. The van der Waals surface area contributed by atoms with Gasteiger partial charge in [0.05, 0.1) is 6.61 Å². The molecule has 230 valence electrons. The van der Waals surface area contributed by atoms with Crippen LogP contribution >= 0.6 is 0 Å². The van der Waals surface area contributed by atoms with Crippen LogP contribution in [0.25, 0.3) is 22.3 Å². The molecule has 4 nitrogen and oxygen atoms in total. The number of aliphatic hydroxyl groups excluding tert-OH is 1. The average molecular weight is 583 g/mol. The summed E-state index contributed by atoms with van der Waals surface area (Å²) < 4.78 is 11.2. The number of aliphatic hydroxyl groups is 1. The molecule has 0 radical (unpaired) electrons. The van der Waals surface area contributed by atoms with E-state index in [0.29, 0.717) is 17.2 Å². The zero-order chi connectivity index (χ0) is 30.8. The molecule has 0 amide bonds. The van der Waals surface area contributed by atoms with Gasteiger partial charge >= 0.3 is 5.97 Å². The maximum absolute atomic E-state index is 12.4. The van der Waals surface area contributed by atoms with Gasteiger partial charge < -0.3 is 14.6 Å². The molecule has 3 aromatic rings. The zero-order valence-corrected chi connectivity index (χ0v) is 26.7. The van der Waals surface area contributed by atoms with Crippen molar-refractivity contribution < 1.29 is 19.4 Å². The lowest BCUT2D eigenvalue weighted by Crippen LogP contribution is -2.13. The van der Waals surface area contributed by atoms with E-state index in [2.05, 4.69) is 57.7 Å². The van der Waals surface area contributed by atoms with Crippen molar-refractivity contribution >= 4 is 5.97 Å². The second-order valence-electron chi connectivity index (χ2n) is 12.3. The first kappa shape index (κ1) is 32.5. The number of ether oxygens (including phenoxy) is 2. The highest BCUT2D eigenvalue weighted by Crippen LogP contribution is 2.40. The van der Waals surface area contributed by atoms with E-state index in [1.54, 1.807) is 6.92 Å². The van der Waals surface area contributed by atoms with Crippen LogP contribution < -0.4 is 4.74 Å². The first-order valence-corrected chi connectivity index (χ1v) is 16.3. The van der Waals surface area contributed by atoms with Crippen LogP contribution in [-0.4, -0.2) is 24.3 Å². The average Bonchev–Trinajstić information content (AvgIpc) is 3.03. The van der Waals surface area contributed by atoms with Gasteiger partial charge in [-0.15, -0.1) is 0 Å². The molecule has 0 aromatic heterocycles. The van der Waals surface area contributed by atoms with Gasteiger partial charge in [-0.3, -0.25) is 0 Å². The second-order valence-corrected chi connectivity index (χ2v) is 12.3. The number of benzene rings is 3. The molecule has 0 bridgehead atoms. The van der Waals surface area contributed by atoms with Gasteiger partial charge in [-0.05, 0) is 120 Å². The van der Waals surface area contributed by atoms with Crippen LogP contribution in [-0.2, 0) is 22.6 Å². The fourth-order valence-electron chi connectivity index (χ4n) is 6.49. The molecule has 0 heterocycles. The molecule has 43 heavy (non-hydrogen) atoms. The number of carbonyl (C=O) groups excluding carboxylic acids is 1. The Morgan fingerprint density at radius 1 is 0.907 bits per heavy atom. The largest absolute Gasteiger partial charge is 0.491 e. The third-order valence-corrected chi connectivity index (χ3v) is 9.02. The molecule has 0 saturated heterocycles. The number of unbranched alkanes of at least 4 members (excludes halogenated alkanes) is 2. The predicted octanol–water partition coefficient (Wildman–Crippen LogP) is 9.74. The van der Waals surface area contributed by atoms with E-state index in [0.717, 1.165) is 29.0 Å². The predicted molar refractivity (Wildman–Crippen MR) is 177 cm³/mol. The topological polar surface area (TPSA) is 55.8 Å². The quantitative estimate of drug-likeness (QED) is 0.117. The lowest BCUT2D eigenvalue weighted by Gasteiger charge is -2.29. The van der Waals surface area contributed by atoms with E-state index in [-0.39, 0.29) is 25.8 Å². The normalized spacial score (nSPS) is 16.6. The van der Waals surface area contributed by atoms with E-state index < -0.39 is 0 Å². The van der Waals surface area contributed by atoms with Crippen LogP contribution in [0.1, 0.15) is 100 Å². The Morgan fingerprint density at radius 2 is 1.63 bits per heavy atom. The van der Waals surface area contributed by atoms with Crippen molar-refractivity contribution in [1.29, 1.82) is 0 Å². The Balaban J connectivity index is 1.62. The molecule has 0 atom stereocenters. The van der Waals surface area contributed by atoms with Gasteiger partial charge in [-0.1, -0.05) is 82.5 Å². The van der Waals surface area contributed by atoms with Crippen molar-refractivity contribution in [2.75, 3.05) is 13.2 Å². The van der Waals surface area contributed by atoms with Crippen molar-refractivity contribution in [3.8, 4) is 28.0 Å². The monoisotopic (exact) mass is 582 g/mol. The summed E-state index contributed by atoms with van der Waals surface area (Å²) in [6.45, 7) is 12.5. The van der Waals surface area contributed by atoms with Crippen LogP contribution in [0.3, 0.4) is 0 Å². The molecular formula is C39H50O4. The van der Waals surface area contributed by atoms with Gasteiger partial charge in [-0.25, -0.2) is 4.79 Å². The van der Waals surface area contributed by atoms with Gasteiger partial charge in [0, 0.05) is 5.57 Å². The molecule has 1 N–H and O–H groups in total. The zero-order valence-electron chi connectivity index (χ0n) is 26.7. The molecule has 4 heteroatoms.